The summed E-state index contributed by atoms with van der Waals surface area (Å²) in [5.41, 5.74) is -0.695. The smallest absolute Gasteiger partial charge is 0.320 e. The summed E-state index contributed by atoms with van der Waals surface area (Å²) in [6, 6.07) is -0.791. The molecule has 0 bridgehead atoms. The number of rotatable bonds is 5. The van der Waals surface area contributed by atoms with Crippen molar-refractivity contribution in [2.24, 2.45) is 0 Å². The van der Waals surface area contributed by atoms with E-state index in [9.17, 15) is 14.7 Å². The van der Waals surface area contributed by atoms with Gasteiger partial charge >= 0.3 is 11.9 Å². The Hall–Kier alpha value is -0.810. The van der Waals surface area contributed by atoms with Crippen LogP contribution in [0.5, 0.6) is 0 Å². The maximum Gasteiger partial charge on any atom is 0.320 e. The Kier molecular flexibility index (Phi) is 7.66. The summed E-state index contributed by atoms with van der Waals surface area (Å²) in [6.07, 6.45) is -0.0289. The molecule has 19 heavy (non-hydrogen) atoms. The zero-order chi connectivity index (χ0) is 14.7. The third kappa shape index (κ3) is 6.78. The third-order valence-electron chi connectivity index (χ3n) is 2.67. The van der Waals surface area contributed by atoms with Gasteiger partial charge in [0.25, 0.3) is 0 Å². The molecule has 0 aliphatic carbocycles. The number of hydrogen-bond donors (Lipinski definition) is 2. The number of carboxylic acids is 2. The van der Waals surface area contributed by atoms with Gasteiger partial charge in [0, 0.05) is 17.5 Å². The van der Waals surface area contributed by atoms with E-state index < -0.39 is 18.0 Å². The first kappa shape index (κ1) is 20.5. The summed E-state index contributed by atoms with van der Waals surface area (Å²) >= 11 is 0. The Labute approximate surface area is 121 Å². The van der Waals surface area contributed by atoms with E-state index >= 15 is 0 Å². The van der Waals surface area contributed by atoms with Crippen molar-refractivity contribution in [2.45, 2.75) is 71.5 Å². The lowest BCUT2D eigenvalue weighted by Gasteiger charge is -2.48. The van der Waals surface area contributed by atoms with E-state index in [0.29, 0.717) is 0 Å². The monoisotopic (exact) mass is 295 g/mol. The summed E-state index contributed by atoms with van der Waals surface area (Å²) in [6.45, 7) is 11.6. The Morgan fingerprint density at radius 3 is 1.58 bits per heavy atom. The van der Waals surface area contributed by atoms with Gasteiger partial charge in [0.15, 0.2) is 0 Å². The second-order valence-corrected chi connectivity index (χ2v) is 6.50. The van der Waals surface area contributed by atoms with Crippen molar-refractivity contribution < 1.29 is 19.8 Å². The zero-order valence-electron chi connectivity index (χ0n) is 12.6. The fourth-order valence-corrected chi connectivity index (χ4v) is 2.56. The van der Waals surface area contributed by atoms with Crippen LogP contribution in [0.4, 0.5) is 0 Å². The molecule has 2 N–H and O–H groups in total. The van der Waals surface area contributed by atoms with Crippen LogP contribution in [-0.2, 0) is 9.59 Å². The highest BCUT2D eigenvalue weighted by atomic mass is 35.5. The van der Waals surface area contributed by atoms with E-state index in [1.165, 1.54) is 0 Å². The first-order valence-electron chi connectivity index (χ1n) is 6.11. The number of aliphatic carboxylic acids is 2. The maximum atomic E-state index is 11.4. The van der Waals surface area contributed by atoms with Gasteiger partial charge in [0.05, 0.1) is 0 Å². The molecule has 0 radical (unpaired) electrons. The van der Waals surface area contributed by atoms with E-state index in [2.05, 4.69) is 0 Å². The van der Waals surface area contributed by atoms with Crippen LogP contribution in [0.15, 0.2) is 0 Å². The van der Waals surface area contributed by atoms with Crippen LogP contribution in [0.25, 0.3) is 0 Å². The van der Waals surface area contributed by atoms with Crippen LogP contribution in [0.1, 0.15) is 54.4 Å². The van der Waals surface area contributed by atoms with Crippen molar-refractivity contribution in [3.63, 3.8) is 0 Å². The Morgan fingerprint density at radius 1 is 1.00 bits per heavy atom. The molecule has 5 nitrogen and oxygen atoms in total. The van der Waals surface area contributed by atoms with Gasteiger partial charge in [-0.15, -0.1) is 12.4 Å². The van der Waals surface area contributed by atoms with E-state index in [-0.39, 0.29) is 36.3 Å². The summed E-state index contributed by atoms with van der Waals surface area (Å²) in [5.74, 6) is -1.94. The third-order valence-corrected chi connectivity index (χ3v) is 2.67. The topological polar surface area (TPSA) is 77.8 Å². The second kappa shape index (κ2) is 7.10. The average Bonchev–Trinajstić information content (AvgIpc) is 2.06. The zero-order valence-corrected chi connectivity index (χ0v) is 13.4. The van der Waals surface area contributed by atoms with Crippen molar-refractivity contribution in [3.8, 4) is 0 Å². The largest absolute Gasteiger partial charge is 0.481 e. The van der Waals surface area contributed by atoms with Crippen molar-refractivity contribution in [1.29, 1.82) is 0 Å². The maximum absolute atomic E-state index is 11.4. The summed E-state index contributed by atoms with van der Waals surface area (Å²) in [4.78, 5) is 23.9. The van der Waals surface area contributed by atoms with E-state index in [4.69, 9.17) is 5.11 Å². The van der Waals surface area contributed by atoms with Gasteiger partial charge in [0.2, 0.25) is 0 Å². The van der Waals surface area contributed by atoms with Gasteiger partial charge in [0.1, 0.15) is 6.04 Å². The number of carboxylic acid groups (broad SMARTS) is 2. The minimum absolute atomic E-state index is 0. The van der Waals surface area contributed by atoms with Crippen molar-refractivity contribution >= 4 is 24.3 Å². The molecule has 0 aromatic carbocycles. The van der Waals surface area contributed by atoms with Gasteiger partial charge in [-0.25, -0.2) is 0 Å². The molecule has 6 heteroatoms. The minimum Gasteiger partial charge on any atom is -0.481 e. The van der Waals surface area contributed by atoms with Crippen LogP contribution in [0.3, 0.4) is 0 Å². The first-order valence-corrected chi connectivity index (χ1v) is 6.11. The van der Waals surface area contributed by atoms with Crippen LogP contribution in [-0.4, -0.2) is 44.2 Å². The Balaban J connectivity index is 0. The van der Waals surface area contributed by atoms with Crippen molar-refractivity contribution in [1.82, 2.24) is 4.90 Å². The normalized spacial score (nSPS) is 13.8. The standard InChI is InChI=1S/C13H25NO4.ClH/c1-12(2,3)14(13(4,5)6)9(11(17)18)7-8-10(15)16;/h9H,7-8H2,1-6H3,(H,15,16)(H,17,18);1H. The average molecular weight is 296 g/mol. The lowest BCUT2D eigenvalue weighted by molar-refractivity contribution is -0.151. The van der Waals surface area contributed by atoms with E-state index in [1.807, 2.05) is 46.4 Å². The van der Waals surface area contributed by atoms with E-state index in [1.54, 1.807) is 0 Å². The predicted molar refractivity (Wildman–Crippen MR) is 76.9 cm³/mol. The number of carbonyl (C=O) groups is 2. The Bertz CT molecular complexity index is 304. The molecule has 1 unspecified atom stereocenters. The van der Waals surface area contributed by atoms with Gasteiger partial charge in [-0.1, -0.05) is 0 Å². The molecule has 0 aromatic rings. The molecule has 1 atom stereocenters. The van der Waals surface area contributed by atoms with Gasteiger partial charge in [-0.3, -0.25) is 14.5 Å². The highest BCUT2D eigenvalue weighted by Gasteiger charge is 2.40. The van der Waals surface area contributed by atoms with Gasteiger partial charge in [-0.05, 0) is 48.0 Å². The van der Waals surface area contributed by atoms with Crippen LogP contribution in [0, 0.1) is 0 Å². The van der Waals surface area contributed by atoms with Crippen LogP contribution in [0.2, 0.25) is 0 Å². The fraction of sp³-hybridized carbons (Fsp3) is 0.846. The molecule has 0 rings (SSSR count). The highest BCUT2D eigenvalue weighted by Crippen LogP contribution is 2.29. The molecule has 0 spiro atoms. The second-order valence-electron chi connectivity index (χ2n) is 6.50. The predicted octanol–water partition coefficient (Wildman–Crippen LogP) is 2.63. The number of halogens is 1. The lowest BCUT2D eigenvalue weighted by Crippen LogP contribution is -2.60. The highest BCUT2D eigenvalue weighted by molar-refractivity contribution is 5.85. The molecule has 0 heterocycles. The molecule has 0 aromatic heterocycles. The molecule has 0 saturated heterocycles. The molecule has 0 fully saturated rings. The molecule has 0 aliphatic rings. The molecule has 0 aliphatic heterocycles. The summed E-state index contributed by atoms with van der Waals surface area (Å²) < 4.78 is 0. The quantitative estimate of drug-likeness (QED) is 0.815. The molecule has 0 amide bonds. The summed E-state index contributed by atoms with van der Waals surface area (Å²) in [5, 5.41) is 18.1. The lowest BCUT2D eigenvalue weighted by atomic mass is 9.91. The van der Waals surface area contributed by atoms with Gasteiger partial charge in [-0.2, -0.15) is 0 Å². The SMILES string of the molecule is CC(C)(C)N(C(CCC(=O)O)C(=O)O)C(C)(C)C.Cl. The molecule has 0 saturated carbocycles. The molecular formula is C13H26ClNO4. The van der Waals surface area contributed by atoms with Crippen molar-refractivity contribution in [2.75, 3.05) is 0 Å². The van der Waals surface area contributed by atoms with Crippen LogP contribution < -0.4 is 0 Å². The van der Waals surface area contributed by atoms with Crippen LogP contribution >= 0.6 is 12.4 Å². The molecular weight excluding hydrogens is 270 g/mol. The first-order chi connectivity index (χ1) is 7.87. The van der Waals surface area contributed by atoms with Crippen molar-refractivity contribution in [3.05, 3.63) is 0 Å². The molecule has 114 valence electrons. The fourth-order valence-electron chi connectivity index (χ4n) is 2.56. The number of hydrogen-bond acceptors (Lipinski definition) is 3. The van der Waals surface area contributed by atoms with Gasteiger partial charge < -0.3 is 10.2 Å². The number of nitrogens with zero attached hydrogens (tertiary/aromatic N) is 1. The van der Waals surface area contributed by atoms with E-state index in [0.717, 1.165) is 0 Å². The summed E-state index contributed by atoms with van der Waals surface area (Å²) in [7, 11) is 0. The minimum atomic E-state index is -0.971. The Morgan fingerprint density at radius 2 is 1.37 bits per heavy atom.